The Hall–Kier alpha value is -0.0800. The Morgan fingerprint density at radius 2 is 2.25 bits per heavy atom. The van der Waals surface area contributed by atoms with E-state index < -0.39 is 0 Å². The molecule has 0 spiro atoms. The molecule has 0 radical (unpaired) electrons. The van der Waals surface area contributed by atoms with Gasteiger partial charge in [0.05, 0.1) is 6.10 Å². The predicted molar refractivity (Wildman–Crippen MR) is 49.0 cm³/mol. The monoisotopic (exact) mass is 172 g/mol. The molecule has 72 valence electrons. The lowest BCUT2D eigenvalue weighted by Gasteiger charge is -2.39. The van der Waals surface area contributed by atoms with Gasteiger partial charge < -0.3 is 9.84 Å². The average molecular weight is 172 g/mol. The SMILES string of the molecule is CCCCOC[C@@H]1C[C@@H](O)[C@H]1C. The first-order valence-corrected chi connectivity index (χ1v) is 5.01. The third-order valence-electron chi connectivity index (χ3n) is 2.87. The van der Waals surface area contributed by atoms with Crippen LogP contribution < -0.4 is 0 Å². The summed E-state index contributed by atoms with van der Waals surface area (Å²) in [5.41, 5.74) is 0. The van der Waals surface area contributed by atoms with E-state index in [0.29, 0.717) is 11.8 Å². The van der Waals surface area contributed by atoms with Crippen molar-refractivity contribution in [2.45, 2.75) is 39.2 Å². The lowest BCUT2D eigenvalue weighted by Crippen LogP contribution is -2.41. The number of hydrogen-bond donors (Lipinski definition) is 1. The van der Waals surface area contributed by atoms with Crippen LogP contribution in [-0.2, 0) is 4.74 Å². The molecule has 1 aliphatic rings. The fourth-order valence-electron chi connectivity index (χ4n) is 1.56. The number of ether oxygens (including phenoxy) is 1. The van der Waals surface area contributed by atoms with Gasteiger partial charge in [-0.15, -0.1) is 0 Å². The highest BCUT2D eigenvalue weighted by atomic mass is 16.5. The summed E-state index contributed by atoms with van der Waals surface area (Å²) < 4.78 is 5.49. The van der Waals surface area contributed by atoms with E-state index in [1.807, 2.05) is 0 Å². The predicted octanol–water partition coefficient (Wildman–Crippen LogP) is 1.82. The van der Waals surface area contributed by atoms with E-state index in [-0.39, 0.29) is 6.10 Å². The molecule has 1 saturated carbocycles. The average Bonchev–Trinajstić information content (AvgIpc) is 2.10. The van der Waals surface area contributed by atoms with Crippen molar-refractivity contribution >= 4 is 0 Å². The van der Waals surface area contributed by atoms with Crippen LogP contribution in [0.1, 0.15) is 33.1 Å². The van der Waals surface area contributed by atoms with Crippen LogP contribution in [0, 0.1) is 11.8 Å². The van der Waals surface area contributed by atoms with Crippen molar-refractivity contribution in [1.82, 2.24) is 0 Å². The fourth-order valence-corrected chi connectivity index (χ4v) is 1.56. The zero-order valence-corrected chi connectivity index (χ0v) is 8.12. The highest BCUT2D eigenvalue weighted by Crippen LogP contribution is 2.34. The molecule has 0 aromatic heterocycles. The summed E-state index contributed by atoms with van der Waals surface area (Å²) in [6.07, 6.45) is 3.23. The molecular formula is C10H20O2. The van der Waals surface area contributed by atoms with Crippen molar-refractivity contribution in [2.75, 3.05) is 13.2 Å². The molecule has 0 aromatic rings. The lowest BCUT2D eigenvalue weighted by molar-refractivity contribution is -0.0619. The summed E-state index contributed by atoms with van der Waals surface area (Å²) in [7, 11) is 0. The van der Waals surface area contributed by atoms with Gasteiger partial charge in [0.1, 0.15) is 0 Å². The van der Waals surface area contributed by atoms with E-state index in [4.69, 9.17) is 4.74 Å². The third-order valence-corrected chi connectivity index (χ3v) is 2.87. The molecule has 0 unspecified atom stereocenters. The van der Waals surface area contributed by atoms with E-state index >= 15 is 0 Å². The van der Waals surface area contributed by atoms with Crippen molar-refractivity contribution in [3.8, 4) is 0 Å². The molecule has 1 rings (SSSR count). The highest BCUT2D eigenvalue weighted by molar-refractivity contribution is 4.85. The van der Waals surface area contributed by atoms with Crippen LogP contribution in [0.15, 0.2) is 0 Å². The fraction of sp³-hybridized carbons (Fsp3) is 1.00. The van der Waals surface area contributed by atoms with Crippen LogP contribution in [0.2, 0.25) is 0 Å². The molecular weight excluding hydrogens is 152 g/mol. The standard InChI is InChI=1S/C10H20O2/c1-3-4-5-12-7-9-6-10(11)8(9)2/h8-11H,3-7H2,1-2H3/t8-,9-,10+/m0/s1. The molecule has 0 aliphatic heterocycles. The van der Waals surface area contributed by atoms with Crippen LogP contribution in [-0.4, -0.2) is 24.4 Å². The molecule has 2 heteroatoms. The minimum atomic E-state index is -0.0650. The Balaban J connectivity index is 1.95. The van der Waals surface area contributed by atoms with Crippen molar-refractivity contribution in [1.29, 1.82) is 0 Å². The summed E-state index contributed by atoms with van der Waals surface area (Å²) in [5.74, 6) is 1.06. The van der Waals surface area contributed by atoms with Crippen molar-refractivity contribution in [2.24, 2.45) is 11.8 Å². The minimum Gasteiger partial charge on any atom is -0.393 e. The van der Waals surface area contributed by atoms with Gasteiger partial charge in [-0.05, 0) is 24.7 Å². The molecule has 1 aliphatic carbocycles. The summed E-state index contributed by atoms with van der Waals surface area (Å²) in [4.78, 5) is 0. The molecule has 0 bridgehead atoms. The molecule has 0 saturated heterocycles. The van der Waals surface area contributed by atoms with Gasteiger partial charge >= 0.3 is 0 Å². The molecule has 0 heterocycles. The number of rotatable bonds is 5. The van der Waals surface area contributed by atoms with Gasteiger partial charge in [0.15, 0.2) is 0 Å². The van der Waals surface area contributed by atoms with Gasteiger partial charge in [-0.1, -0.05) is 20.3 Å². The topological polar surface area (TPSA) is 29.5 Å². The quantitative estimate of drug-likeness (QED) is 0.641. The second-order valence-corrected chi connectivity index (χ2v) is 3.85. The zero-order valence-electron chi connectivity index (χ0n) is 8.12. The van der Waals surface area contributed by atoms with Crippen LogP contribution in [0.3, 0.4) is 0 Å². The maximum atomic E-state index is 9.23. The Labute approximate surface area is 74.9 Å². The Morgan fingerprint density at radius 1 is 1.50 bits per heavy atom. The molecule has 1 fully saturated rings. The smallest absolute Gasteiger partial charge is 0.0572 e. The Bertz CT molecular complexity index is 125. The second-order valence-electron chi connectivity index (χ2n) is 3.85. The summed E-state index contributed by atoms with van der Waals surface area (Å²) in [6, 6.07) is 0. The molecule has 0 aromatic carbocycles. The molecule has 12 heavy (non-hydrogen) atoms. The first-order valence-electron chi connectivity index (χ1n) is 5.01. The first kappa shape index (κ1) is 10.0. The normalized spacial score (nSPS) is 34.8. The minimum absolute atomic E-state index is 0.0650. The molecule has 3 atom stereocenters. The van der Waals surface area contributed by atoms with Gasteiger partial charge in [0, 0.05) is 13.2 Å². The Kier molecular flexibility index (Phi) is 4.02. The second kappa shape index (κ2) is 4.83. The number of aliphatic hydroxyl groups is 1. The van der Waals surface area contributed by atoms with Crippen LogP contribution in [0.25, 0.3) is 0 Å². The lowest BCUT2D eigenvalue weighted by atomic mass is 9.73. The van der Waals surface area contributed by atoms with Crippen LogP contribution in [0.5, 0.6) is 0 Å². The maximum absolute atomic E-state index is 9.23. The van der Waals surface area contributed by atoms with E-state index in [1.54, 1.807) is 0 Å². The van der Waals surface area contributed by atoms with Crippen molar-refractivity contribution in [3.05, 3.63) is 0 Å². The maximum Gasteiger partial charge on any atom is 0.0572 e. The van der Waals surface area contributed by atoms with Gasteiger partial charge in [0.25, 0.3) is 0 Å². The van der Waals surface area contributed by atoms with E-state index in [2.05, 4.69) is 13.8 Å². The summed E-state index contributed by atoms with van der Waals surface area (Å²) in [5, 5.41) is 9.23. The summed E-state index contributed by atoms with van der Waals surface area (Å²) >= 11 is 0. The van der Waals surface area contributed by atoms with Crippen LogP contribution >= 0.6 is 0 Å². The third kappa shape index (κ3) is 2.46. The van der Waals surface area contributed by atoms with E-state index in [1.165, 1.54) is 6.42 Å². The van der Waals surface area contributed by atoms with E-state index in [0.717, 1.165) is 26.1 Å². The zero-order chi connectivity index (χ0) is 8.97. The molecule has 1 N–H and O–H groups in total. The van der Waals surface area contributed by atoms with E-state index in [9.17, 15) is 5.11 Å². The first-order chi connectivity index (χ1) is 5.75. The van der Waals surface area contributed by atoms with Gasteiger partial charge in [-0.25, -0.2) is 0 Å². The Morgan fingerprint density at radius 3 is 2.75 bits per heavy atom. The number of aliphatic hydroxyl groups excluding tert-OH is 1. The largest absolute Gasteiger partial charge is 0.393 e. The highest BCUT2D eigenvalue weighted by Gasteiger charge is 2.35. The number of unbranched alkanes of at least 4 members (excludes halogenated alkanes) is 1. The molecule has 2 nitrogen and oxygen atoms in total. The van der Waals surface area contributed by atoms with Gasteiger partial charge in [0.2, 0.25) is 0 Å². The van der Waals surface area contributed by atoms with Gasteiger partial charge in [-0.2, -0.15) is 0 Å². The summed E-state index contributed by atoms with van der Waals surface area (Å²) in [6.45, 7) is 6.00. The van der Waals surface area contributed by atoms with Crippen molar-refractivity contribution < 1.29 is 9.84 Å². The number of hydrogen-bond acceptors (Lipinski definition) is 2. The molecule has 0 amide bonds. The van der Waals surface area contributed by atoms with Crippen molar-refractivity contribution in [3.63, 3.8) is 0 Å². The van der Waals surface area contributed by atoms with Gasteiger partial charge in [-0.3, -0.25) is 0 Å². The van der Waals surface area contributed by atoms with Crippen LogP contribution in [0.4, 0.5) is 0 Å².